The molecule has 0 fully saturated rings. The molecule has 0 spiro atoms. The van der Waals surface area contributed by atoms with Crippen LogP contribution in [-0.2, 0) is 4.74 Å². The number of rotatable bonds is 4. The molecule has 0 aliphatic rings. The number of nitrogens with zero attached hydrogens (tertiary/aromatic N) is 2. The molecule has 3 aromatic rings. The molecule has 2 heterocycles. The van der Waals surface area contributed by atoms with Gasteiger partial charge in [0.15, 0.2) is 10.1 Å². The van der Waals surface area contributed by atoms with E-state index in [2.05, 4.69) is 15.3 Å². The fourth-order valence-corrected chi connectivity index (χ4v) is 3.82. The molecular formula is C18H17N3O4S2. The second-order valence-corrected chi connectivity index (χ2v) is 8.67. The molecule has 0 saturated heterocycles. The lowest BCUT2D eigenvalue weighted by atomic mass is 10.1. The highest BCUT2D eigenvalue weighted by Gasteiger charge is 2.22. The maximum Gasteiger partial charge on any atom is 0.413 e. The van der Waals surface area contributed by atoms with Crippen LogP contribution in [0.25, 0.3) is 10.2 Å². The molecule has 1 N–H and O–H groups in total. The van der Waals surface area contributed by atoms with Crippen molar-refractivity contribution in [3.05, 3.63) is 39.8 Å². The molecule has 27 heavy (non-hydrogen) atoms. The first kappa shape index (κ1) is 19.1. The summed E-state index contributed by atoms with van der Waals surface area (Å²) in [6, 6.07) is 4.77. The van der Waals surface area contributed by atoms with E-state index in [-0.39, 0.29) is 10.6 Å². The summed E-state index contributed by atoms with van der Waals surface area (Å²) in [6.45, 7) is 7.07. The van der Waals surface area contributed by atoms with E-state index < -0.39 is 23.3 Å². The standard InChI is InChI=1S/C18H17N3O4S2/c1-9-8-26-15(19-9)14(23)13(22)10-5-6-11-12(7-10)27-16(20-11)21-17(24)25-18(2,3)4/h5-8H,1-4H3,(H,20,21,24). The van der Waals surface area contributed by atoms with Gasteiger partial charge in [0.1, 0.15) is 5.60 Å². The number of anilines is 1. The van der Waals surface area contributed by atoms with Crippen LogP contribution in [0.5, 0.6) is 0 Å². The quantitative estimate of drug-likeness (QED) is 0.510. The van der Waals surface area contributed by atoms with Crippen LogP contribution in [-0.4, -0.2) is 33.2 Å². The van der Waals surface area contributed by atoms with Gasteiger partial charge in [-0.15, -0.1) is 11.3 Å². The average molecular weight is 403 g/mol. The Hall–Kier alpha value is -2.65. The van der Waals surface area contributed by atoms with Crippen molar-refractivity contribution in [1.82, 2.24) is 9.97 Å². The number of hydrogen-bond acceptors (Lipinski definition) is 8. The zero-order valence-corrected chi connectivity index (χ0v) is 16.8. The van der Waals surface area contributed by atoms with Gasteiger partial charge in [-0.3, -0.25) is 14.9 Å². The molecule has 0 atom stereocenters. The highest BCUT2D eigenvalue weighted by Crippen LogP contribution is 2.28. The van der Waals surface area contributed by atoms with Crippen LogP contribution >= 0.6 is 22.7 Å². The Kier molecular flexibility index (Phi) is 5.07. The Labute approximate surface area is 163 Å². The average Bonchev–Trinajstić information content (AvgIpc) is 3.16. The molecule has 9 heteroatoms. The van der Waals surface area contributed by atoms with Gasteiger partial charge in [-0.2, -0.15) is 0 Å². The molecule has 0 aliphatic heterocycles. The molecule has 140 valence electrons. The van der Waals surface area contributed by atoms with Crippen molar-refractivity contribution in [2.45, 2.75) is 33.3 Å². The first-order valence-electron chi connectivity index (χ1n) is 8.04. The molecule has 0 aliphatic carbocycles. The number of fused-ring (bicyclic) bond motifs is 1. The molecule has 7 nitrogen and oxygen atoms in total. The molecule has 1 aromatic carbocycles. The number of amides is 1. The van der Waals surface area contributed by atoms with Gasteiger partial charge in [0.25, 0.3) is 5.78 Å². The van der Waals surface area contributed by atoms with Gasteiger partial charge in [0, 0.05) is 16.6 Å². The van der Waals surface area contributed by atoms with Crippen molar-refractivity contribution in [2.75, 3.05) is 5.32 Å². The Morgan fingerprint density at radius 3 is 2.48 bits per heavy atom. The van der Waals surface area contributed by atoms with Crippen LogP contribution in [0.1, 0.15) is 46.6 Å². The molecule has 0 bridgehead atoms. The van der Waals surface area contributed by atoms with Gasteiger partial charge in [0.2, 0.25) is 5.78 Å². The fourth-order valence-electron chi connectivity index (χ4n) is 2.20. The zero-order valence-electron chi connectivity index (χ0n) is 15.2. The lowest BCUT2D eigenvalue weighted by Crippen LogP contribution is -2.27. The SMILES string of the molecule is Cc1csc(C(=O)C(=O)c2ccc3nc(NC(=O)OC(C)(C)C)sc3c2)n1. The third-order valence-corrected chi connectivity index (χ3v) is 5.17. The van der Waals surface area contributed by atoms with E-state index >= 15 is 0 Å². The molecule has 3 rings (SSSR count). The number of aryl methyl sites for hydroxylation is 1. The maximum absolute atomic E-state index is 12.5. The number of carbonyl (C=O) groups excluding carboxylic acids is 3. The minimum Gasteiger partial charge on any atom is -0.444 e. The molecular weight excluding hydrogens is 386 g/mol. The molecule has 0 unspecified atom stereocenters. The van der Waals surface area contributed by atoms with Gasteiger partial charge in [-0.1, -0.05) is 11.3 Å². The number of Topliss-reactive ketones (excluding diaryl/α,β-unsaturated/α-hetero) is 2. The first-order chi connectivity index (χ1) is 12.6. The van der Waals surface area contributed by atoms with E-state index in [0.717, 1.165) is 11.3 Å². The number of benzene rings is 1. The Morgan fingerprint density at radius 1 is 1.11 bits per heavy atom. The summed E-state index contributed by atoms with van der Waals surface area (Å²) >= 11 is 2.34. The number of carbonyl (C=O) groups is 3. The third-order valence-electron chi connectivity index (χ3n) is 3.28. The highest BCUT2D eigenvalue weighted by atomic mass is 32.1. The minimum absolute atomic E-state index is 0.175. The van der Waals surface area contributed by atoms with E-state index in [1.807, 2.05) is 0 Å². The number of ether oxygens (including phenoxy) is 1. The summed E-state index contributed by atoms with van der Waals surface area (Å²) in [5.74, 6) is -1.26. The summed E-state index contributed by atoms with van der Waals surface area (Å²) < 4.78 is 5.87. The maximum atomic E-state index is 12.5. The monoisotopic (exact) mass is 403 g/mol. The Balaban J connectivity index is 1.80. The second-order valence-electron chi connectivity index (χ2n) is 6.78. The van der Waals surface area contributed by atoms with Crippen LogP contribution < -0.4 is 5.32 Å². The van der Waals surface area contributed by atoms with Crippen LogP contribution in [0.15, 0.2) is 23.6 Å². The second kappa shape index (κ2) is 7.16. The van der Waals surface area contributed by atoms with Crippen molar-refractivity contribution in [1.29, 1.82) is 0 Å². The third kappa shape index (κ3) is 4.55. The van der Waals surface area contributed by atoms with Crippen molar-refractivity contribution >= 4 is 55.7 Å². The number of nitrogens with one attached hydrogen (secondary N) is 1. The van der Waals surface area contributed by atoms with E-state index in [1.165, 1.54) is 11.3 Å². The summed E-state index contributed by atoms with van der Waals surface area (Å²) in [5, 5.41) is 4.83. The molecule has 2 aromatic heterocycles. The van der Waals surface area contributed by atoms with Crippen LogP contribution in [0, 0.1) is 6.92 Å². The van der Waals surface area contributed by atoms with Crippen LogP contribution in [0.3, 0.4) is 0 Å². The van der Waals surface area contributed by atoms with Gasteiger partial charge < -0.3 is 4.74 Å². The van der Waals surface area contributed by atoms with Crippen LogP contribution in [0.2, 0.25) is 0 Å². The largest absolute Gasteiger partial charge is 0.444 e. The van der Waals surface area contributed by atoms with Gasteiger partial charge in [-0.25, -0.2) is 14.8 Å². The lowest BCUT2D eigenvalue weighted by Gasteiger charge is -2.18. The molecule has 0 radical (unpaired) electrons. The van der Waals surface area contributed by atoms with E-state index in [1.54, 1.807) is 51.3 Å². The lowest BCUT2D eigenvalue weighted by molar-refractivity contribution is 0.0635. The predicted molar refractivity (Wildman–Crippen MR) is 105 cm³/mol. The summed E-state index contributed by atoms with van der Waals surface area (Å²) in [4.78, 5) is 45.0. The van der Waals surface area contributed by atoms with Crippen molar-refractivity contribution < 1.29 is 19.1 Å². The number of hydrogen-bond donors (Lipinski definition) is 1. The number of aromatic nitrogens is 2. The highest BCUT2D eigenvalue weighted by molar-refractivity contribution is 7.22. The van der Waals surface area contributed by atoms with Crippen molar-refractivity contribution in [3.8, 4) is 0 Å². The summed E-state index contributed by atoms with van der Waals surface area (Å²) in [6.07, 6.45) is -0.604. The van der Waals surface area contributed by atoms with E-state index in [4.69, 9.17) is 4.74 Å². The molecule has 1 amide bonds. The van der Waals surface area contributed by atoms with Crippen molar-refractivity contribution in [3.63, 3.8) is 0 Å². The van der Waals surface area contributed by atoms with Crippen molar-refractivity contribution in [2.24, 2.45) is 0 Å². The van der Waals surface area contributed by atoms with E-state index in [0.29, 0.717) is 21.0 Å². The molecule has 0 saturated carbocycles. The fraction of sp³-hybridized carbons (Fsp3) is 0.278. The van der Waals surface area contributed by atoms with Gasteiger partial charge in [-0.05, 0) is 45.9 Å². The topological polar surface area (TPSA) is 98.2 Å². The smallest absolute Gasteiger partial charge is 0.413 e. The van der Waals surface area contributed by atoms with Gasteiger partial charge >= 0.3 is 6.09 Å². The summed E-state index contributed by atoms with van der Waals surface area (Å²) in [7, 11) is 0. The number of ketones is 2. The zero-order chi connectivity index (χ0) is 19.8. The van der Waals surface area contributed by atoms with Gasteiger partial charge in [0.05, 0.1) is 10.2 Å². The predicted octanol–water partition coefficient (Wildman–Crippen LogP) is 4.47. The minimum atomic E-state index is -0.635. The normalized spacial score (nSPS) is 11.4. The number of thiazole rings is 2. The first-order valence-corrected chi connectivity index (χ1v) is 9.74. The van der Waals surface area contributed by atoms with Crippen LogP contribution in [0.4, 0.5) is 9.93 Å². The Bertz CT molecular complexity index is 1050. The Morgan fingerprint density at radius 2 is 1.85 bits per heavy atom. The summed E-state index contributed by atoms with van der Waals surface area (Å²) in [5.41, 5.74) is 0.953. The van der Waals surface area contributed by atoms with E-state index in [9.17, 15) is 14.4 Å².